The number of aromatic nitrogens is 3. The topological polar surface area (TPSA) is 26.0 Å². The first-order chi connectivity index (χ1) is 30.3. The first kappa shape index (κ1) is 34.8. The number of nitrogens with zero attached hydrogens (tertiary/aromatic N) is 4. The second-order valence-corrected chi connectivity index (χ2v) is 15.7. The summed E-state index contributed by atoms with van der Waals surface area (Å²) in [5, 5.41) is 7.32. The van der Waals surface area contributed by atoms with Gasteiger partial charge in [-0.2, -0.15) is 0 Å². The normalized spacial score (nSPS) is 11.6. The zero-order valence-electron chi connectivity index (χ0n) is 33.2. The van der Waals surface area contributed by atoms with Crippen molar-refractivity contribution in [3.8, 4) is 33.6 Å². The van der Waals surface area contributed by atoms with Crippen LogP contribution in [0.5, 0.6) is 0 Å². The number of hydrogen-bond acceptors (Lipinski definition) is 2. The Kier molecular flexibility index (Phi) is 8.13. The van der Waals surface area contributed by atoms with Crippen molar-refractivity contribution >= 4 is 71.4 Å². The van der Waals surface area contributed by atoms with Gasteiger partial charge in [-0.25, -0.2) is 0 Å². The molecular formula is C57H38N4. The van der Waals surface area contributed by atoms with Gasteiger partial charge in [0.05, 0.1) is 39.6 Å². The van der Waals surface area contributed by atoms with Gasteiger partial charge in [-0.15, -0.1) is 0 Å². The Balaban J connectivity index is 1.07. The van der Waals surface area contributed by atoms with E-state index in [1.165, 1.54) is 54.4 Å². The van der Waals surface area contributed by atoms with Crippen LogP contribution >= 0.6 is 0 Å². The molecule has 4 heteroatoms. The van der Waals surface area contributed by atoms with E-state index in [1.807, 2.05) is 18.5 Å². The minimum Gasteiger partial charge on any atom is -0.309 e. The molecule has 0 unspecified atom stereocenters. The van der Waals surface area contributed by atoms with Crippen LogP contribution in [0.15, 0.2) is 231 Å². The van der Waals surface area contributed by atoms with E-state index in [-0.39, 0.29) is 0 Å². The summed E-state index contributed by atoms with van der Waals surface area (Å²) in [7, 11) is 0. The fourth-order valence-corrected chi connectivity index (χ4v) is 9.40. The molecule has 0 bridgehead atoms. The summed E-state index contributed by atoms with van der Waals surface area (Å²) in [6.45, 7) is 0. The zero-order valence-corrected chi connectivity index (χ0v) is 33.2. The molecule has 0 aliphatic heterocycles. The molecule has 4 nitrogen and oxygen atoms in total. The number of fused-ring (bicyclic) bond motifs is 7. The van der Waals surface area contributed by atoms with Crippen LogP contribution in [0.3, 0.4) is 0 Å². The Morgan fingerprint density at radius 3 is 1.54 bits per heavy atom. The average Bonchev–Trinajstić information content (AvgIpc) is 3.85. The summed E-state index contributed by atoms with van der Waals surface area (Å²) in [5.41, 5.74) is 14.7. The highest BCUT2D eigenvalue weighted by Gasteiger charge is 2.20. The zero-order chi connectivity index (χ0) is 40.3. The maximum atomic E-state index is 4.62. The van der Waals surface area contributed by atoms with Crippen molar-refractivity contribution < 1.29 is 0 Å². The molecule has 3 heterocycles. The predicted octanol–water partition coefficient (Wildman–Crippen LogP) is 15.2. The first-order valence-electron chi connectivity index (χ1n) is 20.8. The molecule has 0 saturated carbocycles. The summed E-state index contributed by atoms with van der Waals surface area (Å²) in [4.78, 5) is 6.97. The standard InChI is InChI=1S/C57H38N4/c1-2-16-44(17-3-1)60-56-25-11-8-22-51(56)52-37-41(29-32-57(52)60)43-34-42(39-27-30-45(31-28-39)61-54-23-9-6-20-49(54)50-21-7-10-24-55(50)61)35-47(36-43)59(46-18-13-33-58-38-46)53-26-12-15-40-14-4-5-19-48(40)53/h1-38H. The van der Waals surface area contributed by atoms with Crippen molar-refractivity contribution in [2.45, 2.75) is 0 Å². The van der Waals surface area contributed by atoms with E-state index in [0.29, 0.717) is 0 Å². The minimum absolute atomic E-state index is 0.991. The number of anilines is 3. The first-order valence-corrected chi connectivity index (χ1v) is 20.8. The molecular weight excluding hydrogens is 741 g/mol. The molecule has 0 saturated heterocycles. The third kappa shape index (κ3) is 5.80. The lowest BCUT2D eigenvalue weighted by Gasteiger charge is -2.27. The second-order valence-electron chi connectivity index (χ2n) is 15.7. The molecule has 12 rings (SSSR count). The van der Waals surface area contributed by atoms with Crippen LogP contribution in [0.1, 0.15) is 0 Å². The van der Waals surface area contributed by atoms with Crippen molar-refractivity contribution in [3.63, 3.8) is 0 Å². The maximum Gasteiger partial charge on any atom is 0.0645 e. The molecule has 0 aliphatic rings. The van der Waals surface area contributed by atoms with Crippen LogP contribution in [0, 0.1) is 0 Å². The van der Waals surface area contributed by atoms with Crippen molar-refractivity contribution in [2.75, 3.05) is 4.90 Å². The molecule has 3 aromatic heterocycles. The molecule has 0 atom stereocenters. The monoisotopic (exact) mass is 778 g/mol. The fourth-order valence-electron chi connectivity index (χ4n) is 9.40. The summed E-state index contributed by atoms with van der Waals surface area (Å²) in [6.07, 6.45) is 3.80. The van der Waals surface area contributed by atoms with Crippen LogP contribution in [0.2, 0.25) is 0 Å². The highest BCUT2D eigenvalue weighted by molar-refractivity contribution is 6.11. The molecule has 0 amide bonds. The van der Waals surface area contributed by atoms with Gasteiger partial charge in [-0.05, 0) is 119 Å². The van der Waals surface area contributed by atoms with Crippen LogP contribution in [0.4, 0.5) is 17.1 Å². The van der Waals surface area contributed by atoms with Crippen LogP contribution in [-0.2, 0) is 0 Å². The summed E-state index contributed by atoms with van der Waals surface area (Å²) >= 11 is 0. The number of para-hydroxylation sites is 4. The lowest BCUT2D eigenvalue weighted by Crippen LogP contribution is -2.11. The van der Waals surface area contributed by atoms with Gasteiger partial charge in [0.1, 0.15) is 0 Å². The van der Waals surface area contributed by atoms with E-state index in [4.69, 9.17) is 0 Å². The molecule has 0 N–H and O–H groups in total. The van der Waals surface area contributed by atoms with Gasteiger partial charge in [0.2, 0.25) is 0 Å². The predicted molar refractivity (Wildman–Crippen MR) is 256 cm³/mol. The molecule has 9 aromatic carbocycles. The number of benzene rings is 9. The Morgan fingerprint density at radius 1 is 0.328 bits per heavy atom. The maximum absolute atomic E-state index is 4.62. The number of pyridine rings is 1. The van der Waals surface area contributed by atoms with Crippen molar-refractivity contribution in [1.29, 1.82) is 0 Å². The Hall–Kier alpha value is -8.21. The summed E-state index contributed by atoms with van der Waals surface area (Å²) in [6, 6.07) is 79.1. The molecule has 0 fully saturated rings. The summed E-state index contributed by atoms with van der Waals surface area (Å²) in [5.74, 6) is 0. The van der Waals surface area contributed by atoms with Gasteiger partial charge in [0.15, 0.2) is 0 Å². The molecule has 0 spiro atoms. The Labute approximate surface area is 353 Å². The van der Waals surface area contributed by atoms with E-state index < -0.39 is 0 Å². The van der Waals surface area contributed by atoms with Gasteiger partial charge in [0.25, 0.3) is 0 Å². The molecule has 0 aliphatic carbocycles. The third-order valence-electron chi connectivity index (χ3n) is 12.1. The third-order valence-corrected chi connectivity index (χ3v) is 12.1. The average molecular weight is 779 g/mol. The highest BCUT2D eigenvalue weighted by Crippen LogP contribution is 2.43. The lowest BCUT2D eigenvalue weighted by molar-refractivity contribution is 1.18. The van der Waals surface area contributed by atoms with E-state index in [2.05, 4.69) is 231 Å². The van der Waals surface area contributed by atoms with Gasteiger partial charge in [-0.1, -0.05) is 127 Å². The Bertz CT molecular complexity index is 3520. The number of rotatable bonds is 7. The van der Waals surface area contributed by atoms with Gasteiger partial charge < -0.3 is 14.0 Å². The minimum atomic E-state index is 0.991. The quantitative estimate of drug-likeness (QED) is 0.161. The molecule has 12 aromatic rings. The smallest absolute Gasteiger partial charge is 0.0645 e. The van der Waals surface area contributed by atoms with E-state index in [1.54, 1.807) is 0 Å². The number of hydrogen-bond donors (Lipinski definition) is 0. The van der Waals surface area contributed by atoms with Crippen molar-refractivity contribution in [3.05, 3.63) is 231 Å². The molecule has 286 valence electrons. The Morgan fingerprint density at radius 2 is 0.869 bits per heavy atom. The van der Waals surface area contributed by atoms with Crippen molar-refractivity contribution in [2.24, 2.45) is 0 Å². The SMILES string of the molecule is c1ccc(-n2c3ccccc3c3cc(-c4cc(-c5ccc(-n6c7ccccc7c7ccccc76)cc5)cc(N(c5cccnc5)c5cccc6ccccc56)c4)ccc32)cc1. The van der Waals surface area contributed by atoms with Crippen LogP contribution in [0.25, 0.3) is 88.0 Å². The van der Waals surface area contributed by atoms with Crippen LogP contribution in [-0.4, -0.2) is 14.1 Å². The second kappa shape index (κ2) is 14.3. The largest absolute Gasteiger partial charge is 0.309 e. The fraction of sp³-hybridized carbons (Fsp3) is 0. The van der Waals surface area contributed by atoms with Gasteiger partial charge >= 0.3 is 0 Å². The molecule has 61 heavy (non-hydrogen) atoms. The van der Waals surface area contributed by atoms with Crippen molar-refractivity contribution in [1.82, 2.24) is 14.1 Å². The van der Waals surface area contributed by atoms with Crippen LogP contribution < -0.4 is 4.90 Å². The summed E-state index contributed by atoms with van der Waals surface area (Å²) < 4.78 is 4.75. The van der Waals surface area contributed by atoms with Gasteiger partial charge in [-0.3, -0.25) is 4.98 Å². The molecule has 0 radical (unpaired) electrons. The highest BCUT2D eigenvalue weighted by atomic mass is 15.1. The van der Waals surface area contributed by atoms with E-state index in [9.17, 15) is 0 Å². The van der Waals surface area contributed by atoms with Gasteiger partial charge in [0, 0.05) is 50.2 Å². The lowest BCUT2D eigenvalue weighted by atomic mass is 9.96. The van der Waals surface area contributed by atoms with E-state index in [0.717, 1.165) is 50.7 Å². The van der Waals surface area contributed by atoms with E-state index >= 15 is 0 Å².